The number of carbonyl (C=O) groups is 2. The lowest BCUT2D eigenvalue weighted by atomic mass is 10.3. The summed E-state index contributed by atoms with van der Waals surface area (Å²) in [5.74, 6) is -6.12. The molecule has 0 aliphatic carbocycles. The summed E-state index contributed by atoms with van der Waals surface area (Å²) in [5, 5.41) is 18.3. The van der Waals surface area contributed by atoms with E-state index in [0.29, 0.717) is 0 Å². The van der Waals surface area contributed by atoms with Crippen LogP contribution in [0.1, 0.15) is 27.7 Å². The minimum absolute atomic E-state index is 0.553. The third-order valence-corrected chi connectivity index (χ3v) is 1.25. The van der Waals surface area contributed by atoms with E-state index in [2.05, 4.69) is 9.47 Å². The Morgan fingerprint density at radius 1 is 0.933 bits per heavy atom. The Kier molecular flexibility index (Phi) is 4.70. The van der Waals surface area contributed by atoms with Crippen molar-refractivity contribution in [2.75, 3.05) is 0 Å². The highest BCUT2D eigenvalue weighted by Crippen LogP contribution is 2.09. The van der Waals surface area contributed by atoms with E-state index in [1.807, 2.05) is 0 Å². The summed E-state index contributed by atoms with van der Waals surface area (Å²) in [6, 6.07) is 0. The van der Waals surface area contributed by atoms with Gasteiger partial charge in [0.2, 0.25) is 0 Å². The van der Waals surface area contributed by atoms with Crippen LogP contribution in [0.3, 0.4) is 0 Å². The Balaban J connectivity index is 4.51. The van der Waals surface area contributed by atoms with Crippen molar-refractivity contribution >= 4 is 11.9 Å². The molecule has 0 saturated heterocycles. The van der Waals surface area contributed by atoms with Gasteiger partial charge < -0.3 is 19.7 Å². The molecule has 0 radical (unpaired) electrons. The second-order valence-corrected chi connectivity index (χ2v) is 3.58. The third-order valence-electron chi connectivity index (χ3n) is 1.25. The number of rotatable bonds is 4. The first-order valence-corrected chi connectivity index (χ1v) is 4.54. The quantitative estimate of drug-likeness (QED) is 0.379. The number of hydrogen-bond acceptors (Lipinski definition) is 6. The summed E-state index contributed by atoms with van der Waals surface area (Å²) in [6.07, 6.45) is -1.11. The molecule has 6 nitrogen and oxygen atoms in total. The monoisotopic (exact) mass is 220 g/mol. The Morgan fingerprint density at radius 2 is 1.20 bits per heavy atom. The van der Waals surface area contributed by atoms with Gasteiger partial charge in [-0.05, 0) is 27.7 Å². The summed E-state index contributed by atoms with van der Waals surface area (Å²) < 4.78 is 8.96. The molecule has 0 aromatic rings. The number of hydrogen-bond donors (Lipinski definition) is 2. The van der Waals surface area contributed by atoms with E-state index in [9.17, 15) is 9.59 Å². The smallest absolute Gasteiger partial charge is 0.379 e. The largest absolute Gasteiger partial charge is 0.459 e. The van der Waals surface area contributed by atoms with Crippen molar-refractivity contribution < 1.29 is 29.3 Å². The van der Waals surface area contributed by atoms with E-state index in [1.54, 1.807) is 0 Å². The molecule has 0 aliphatic rings. The number of aliphatic hydroxyl groups is 2. The van der Waals surface area contributed by atoms with Crippen molar-refractivity contribution in [2.45, 2.75) is 45.7 Å². The number of carbonyl (C=O) groups excluding carboxylic acids is 2. The van der Waals surface area contributed by atoms with Crippen molar-refractivity contribution in [3.05, 3.63) is 0 Å². The van der Waals surface area contributed by atoms with Crippen molar-refractivity contribution in [3.8, 4) is 0 Å². The molecule has 15 heavy (non-hydrogen) atoms. The molecular formula is C9H16O6. The molecule has 0 atom stereocenters. The number of ether oxygens (including phenoxy) is 2. The van der Waals surface area contributed by atoms with Gasteiger partial charge in [-0.3, -0.25) is 0 Å². The Hall–Kier alpha value is -1.14. The van der Waals surface area contributed by atoms with Gasteiger partial charge in [-0.25, -0.2) is 9.59 Å². The van der Waals surface area contributed by atoms with Crippen molar-refractivity contribution in [1.29, 1.82) is 0 Å². The fraction of sp³-hybridized carbons (Fsp3) is 0.778. The lowest BCUT2D eigenvalue weighted by molar-refractivity contribution is -0.228. The average molecular weight is 220 g/mol. The zero-order valence-corrected chi connectivity index (χ0v) is 9.18. The van der Waals surface area contributed by atoms with Crippen LogP contribution in [0.5, 0.6) is 0 Å². The van der Waals surface area contributed by atoms with Crippen LogP contribution in [0, 0.1) is 0 Å². The first-order valence-electron chi connectivity index (χ1n) is 4.54. The maximum absolute atomic E-state index is 11.1. The van der Waals surface area contributed by atoms with E-state index in [0.717, 1.165) is 0 Å². The molecule has 0 amide bonds. The van der Waals surface area contributed by atoms with E-state index in [1.165, 1.54) is 27.7 Å². The van der Waals surface area contributed by atoms with Crippen LogP contribution >= 0.6 is 0 Å². The van der Waals surface area contributed by atoms with Crippen LogP contribution < -0.4 is 0 Å². The van der Waals surface area contributed by atoms with Gasteiger partial charge in [-0.1, -0.05) is 0 Å². The molecule has 0 aliphatic heterocycles. The molecule has 0 saturated carbocycles. The molecule has 0 aromatic heterocycles. The van der Waals surface area contributed by atoms with Gasteiger partial charge in [0.1, 0.15) is 0 Å². The highest BCUT2D eigenvalue weighted by molar-refractivity contribution is 6.01. The van der Waals surface area contributed by atoms with E-state index in [4.69, 9.17) is 10.2 Å². The van der Waals surface area contributed by atoms with Gasteiger partial charge in [0.05, 0.1) is 12.2 Å². The molecule has 0 fully saturated rings. The SMILES string of the molecule is CC(C)OC(=O)C(O)(O)C(=O)OC(C)C. The predicted molar refractivity (Wildman–Crippen MR) is 49.6 cm³/mol. The van der Waals surface area contributed by atoms with Crippen molar-refractivity contribution in [3.63, 3.8) is 0 Å². The summed E-state index contributed by atoms with van der Waals surface area (Å²) in [7, 11) is 0. The lowest BCUT2D eigenvalue weighted by Gasteiger charge is -2.20. The Bertz CT molecular complexity index is 219. The minimum atomic E-state index is -3.24. The fourth-order valence-electron chi connectivity index (χ4n) is 0.676. The van der Waals surface area contributed by atoms with Gasteiger partial charge in [0, 0.05) is 0 Å². The normalized spacial score (nSPS) is 11.7. The average Bonchev–Trinajstić information content (AvgIpc) is 2.01. The molecule has 0 rings (SSSR count). The predicted octanol–water partition coefficient (Wildman–Crippen LogP) is -0.430. The molecular weight excluding hydrogens is 204 g/mol. The second-order valence-electron chi connectivity index (χ2n) is 3.58. The van der Waals surface area contributed by atoms with Crippen LogP contribution in [0.15, 0.2) is 0 Å². The van der Waals surface area contributed by atoms with Gasteiger partial charge in [-0.2, -0.15) is 0 Å². The lowest BCUT2D eigenvalue weighted by Crippen LogP contribution is -2.50. The van der Waals surface area contributed by atoms with E-state index >= 15 is 0 Å². The van der Waals surface area contributed by atoms with Crippen LogP contribution in [-0.2, 0) is 19.1 Å². The molecule has 0 aromatic carbocycles. The number of esters is 2. The Labute approximate surface area is 87.8 Å². The van der Waals surface area contributed by atoms with Crippen LogP contribution in [0.4, 0.5) is 0 Å². The molecule has 6 heteroatoms. The van der Waals surface area contributed by atoms with Gasteiger partial charge in [0.25, 0.3) is 0 Å². The van der Waals surface area contributed by atoms with Crippen LogP contribution in [0.25, 0.3) is 0 Å². The fourth-order valence-corrected chi connectivity index (χ4v) is 0.676. The summed E-state index contributed by atoms with van der Waals surface area (Å²) in [5.41, 5.74) is 0. The third kappa shape index (κ3) is 4.26. The Morgan fingerprint density at radius 3 is 1.40 bits per heavy atom. The summed E-state index contributed by atoms with van der Waals surface area (Å²) in [6.45, 7) is 6.06. The summed E-state index contributed by atoms with van der Waals surface area (Å²) >= 11 is 0. The van der Waals surface area contributed by atoms with Crippen molar-refractivity contribution in [1.82, 2.24) is 0 Å². The van der Waals surface area contributed by atoms with Gasteiger partial charge in [0.15, 0.2) is 0 Å². The molecule has 0 bridgehead atoms. The molecule has 2 N–H and O–H groups in total. The van der Waals surface area contributed by atoms with Crippen molar-refractivity contribution in [2.24, 2.45) is 0 Å². The second kappa shape index (κ2) is 5.09. The van der Waals surface area contributed by atoms with Crippen LogP contribution in [0.2, 0.25) is 0 Å². The maximum atomic E-state index is 11.1. The van der Waals surface area contributed by atoms with Gasteiger partial charge in [-0.15, -0.1) is 0 Å². The highest BCUT2D eigenvalue weighted by atomic mass is 16.6. The molecule has 88 valence electrons. The standard InChI is InChI=1S/C9H16O6/c1-5(2)14-7(10)9(12,13)8(11)15-6(3)4/h5-6,12-13H,1-4H3. The highest BCUT2D eigenvalue weighted by Gasteiger charge is 2.46. The van der Waals surface area contributed by atoms with Crippen LogP contribution in [-0.4, -0.2) is 40.1 Å². The molecule has 0 unspecified atom stereocenters. The first kappa shape index (κ1) is 13.9. The summed E-state index contributed by atoms with van der Waals surface area (Å²) in [4.78, 5) is 22.2. The molecule has 0 heterocycles. The zero-order chi connectivity index (χ0) is 12.2. The minimum Gasteiger partial charge on any atom is -0.459 e. The molecule has 0 spiro atoms. The zero-order valence-electron chi connectivity index (χ0n) is 9.18. The first-order chi connectivity index (χ1) is 6.67. The topological polar surface area (TPSA) is 93.1 Å². The van der Waals surface area contributed by atoms with Gasteiger partial charge >= 0.3 is 17.7 Å². The van der Waals surface area contributed by atoms with E-state index in [-0.39, 0.29) is 0 Å². The van der Waals surface area contributed by atoms with E-state index < -0.39 is 29.9 Å². The maximum Gasteiger partial charge on any atom is 0.379 e.